The molecular weight excluding hydrogens is 274 g/mol. The van der Waals surface area contributed by atoms with Gasteiger partial charge >= 0.3 is 0 Å². The third kappa shape index (κ3) is 4.61. The van der Waals surface area contributed by atoms with Crippen LogP contribution < -0.4 is 10.2 Å². The maximum Gasteiger partial charge on any atom is 0.223 e. The van der Waals surface area contributed by atoms with Gasteiger partial charge < -0.3 is 15.1 Å². The zero-order chi connectivity index (χ0) is 15.1. The standard InChI is InChI=1S/C14H23N3O2S/c1-5-16(6-2)8-9-17(12(4)19)13-7-10-20-14(13)15-11(3)18/h7,10H,5-6,8-9H2,1-4H3,(H,15,18). The molecule has 0 atom stereocenters. The minimum atomic E-state index is -0.124. The summed E-state index contributed by atoms with van der Waals surface area (Å²) in [5, 5.41) is 5.39. The monoisotopic (exact) mass is 297 g/mol. The molecule has 0 aromatic carbocycles. The molecule has 2 amide bonds. The molecule has 0 radical (unpaired) electrons. The van der Waals surface area contributed by atoms with Crippen LogP contribution in [0.25, 0.3) is 0 Å². The van der Waals surface area contributed by atoms with Gasteiger partial charge in [0, 0.05) is 26.9 Å². The van der Waals surface area contributed by atoms with Crippen molar-refractivity contribution in [2.45, 2.75) is 27.7 Å². The lowest BCUT2D eigenvalue weighted by molar-refractivity contribution is -0.117. The fourth-order valence-electron chi connectivity index (χ4n) is 2.00. The first-order valence-corrected chi connectivity index (χ1v) is 7.73. The van der Waals surface area contributed by atoms with Crippen molar-refractivity contribution in [1.29, 1.82) is 0 Å². The van der Waals surface area contributed by atoms with Crippen LogP contribution in [-0.2, 0) is 9.59 Å². The van der Waals surface area contributed by atoms with E-state index in [1.54, 1.807) is 11.8 Å². The molecule has 0 unspecified atom stereocenters. The summed E-state index contributed by atoms with van der Waals surface area (Å²) in [5.74, 6) is -0.136. The van der Waals surface area contributed by atoms with Crippen LogP contribution >= 0.6 is 11.3 Å². The maximum absolute atomic E-state index is 11.9. The molecule has 1 N–H and O–H groups in total. The molecule has 0 fully saturated rings. The van der Waals surface area contributed by atoms with E-state index in [1.165, 1.54) is 18.3 Å². The Morgan fingerprint density at radius 1 is 1.20 bits per heavy atom. The fourth-order valence-corrected chi connectivity index (χ4v) is 2.83. The summed E-state index contributed by atoms with van der Waals surface area (Å²) in [6.07, 6.45) is 0. The molecule has 1 aromatic heterocycles. The van der Waals surface area contributed by atoms with E-state index in [4.69, 9.17) is 0 Å². The number of hydrogen-bond acceptors (Lipinski definition) is 4. The molecule has 0 aliphatic carbocycles. The lowest BCUT2D eigenvalue weighted by Gasteiger charge is -2.25. The first kappa shape index (κ1) is 16.7. The first-order chi connectivity index (χ1) is 9.49. The van der Waals surface area contributed by atoms with Gasteiger partial charge in [0.25, 0.3) is 0 Å². The Labute approximate surface area is 124 Å². The van der Waals surface area contributed by atoms with Gasteiger partial charge in [0.1, 0.15) is 5.00 Å². The lowest BCUT2D eigenvalue weighted by Crippen LogP contribution is -2.37. The minimum absolute atomic E-state index is 0.0119. The van der Waals surface area contributed by atoms with Crippen molar-refractivity contribution in [3.05, 3.63) is 11.4 Å². The Morgan fingerprint density at radius 2 is 1.85 bits per heavy atom. The topological polar surface area (TPSA) is 52.6 Å². The van der Waals surface area contributed by atoms with E-state index in [9.17, 15) is 9.59 Å². The number of nitrogens with one attached hydrogen (secondary N) is 1. The second kappa shape index (κ2) is 8.01. The van der Waals surface area contributed by atoms with Gasteiger partial charge in [-0.1, -0.05) is 13.8 Å². The summed E-state index contributed by atoms with van der Waals surface area (Å²) in [7, 11) is 0. The van der Waals surface area contributed by atoms with Crippen LogP contribution in [0.3, 0.4) is 0 Å². The van der Waals surface area contributed by atoms with E-state index < -0.39 is 0 Å². The van der Waals surface area contributed by atoms with Gasteiger partial charge in [-0.3, -0.25) is 9.59 Å². The highest BCUT2D eigenvalue weighted by Gasteiger charge is 2.17. The number of rotatable bonds is 7. The quantitative estimate of drug-likeness (QED) is 0.841. The molecule has 0 spiro atoms. The highest BCUT2D eigenvalue weighted by molar-refractivity contribution is 7.15. The summed E-state index contributed by atoms with van der Waals surface area (Å²) in [6.45, 7) is 10.6. The molecule has 112 valence electrons. The van der Waals surface area contributed by atoms with Gasteiger partial charge in [-0.05, 0) is 24.5 Å². The Bertz CT molecular complexity index is 455. The molecule has 1 rings (SSSR count). The first-order valence-electron chi connectivity index (χ1n) is 6.85. The third-order valence-corrected chi connectivity index (χ3v) is 3.96. The number of hydrogen-bond donors (Lipinski definition) is 1. The van der Waals surface area contributed by atoms with Crippen LogP contribution in [0.15, 0.2) is 11.4 Å². The predicted molar refractivity (Wildman–Crippen MR) is 84.4 cm³/mol. The Kier molecular flexibility index (Phi) is 6.67. The largest absolute Gasteiger partial charge is 0.316 e. The number of likely N-dealkylation sites (N-methyl/N-ethyl adjacent to an activating group) is 1. The van der Waals surface area contributed by atoms with Crippen molar-refractivity contribution in [2.24, 2.45) is 0 Å². The van der Waals surface area contributed by atoms with E-state index in [0.29, 0.717) is 6.54 Å². The van der Waals surface area contributed by atoms with Crippen LogP contribution in [0.1, 0.15) is 27.7 Å². The predicted octanol–water partition coefficient (Wildman–Crippen LogP) is 2.40. The number of thiophene rings is 1. The molecular formula is C14H23N3O2S. The van der Waals surface area contributed by atoms with E-state index in [0.717, 1.165) is 30.3 Å². The third-order valence-electron chi connectivity index (χ3n) is 3.14. The van der Waals surface area contributed by atoms with E-state index >= 15 is 0 Å². The number of nitrogens with zero attached hydrogens (tertiary/aromatic N) is 2. The summed E-state index contributed by atoms with van der Waals surface area (Å²) in [4.78, 5) is 27.1. The number of amides is 2. The molecule has 0 saturated carbocycles. The molecule has 1 aromatic rings. The lowest BCUT2D eigenvalue weighted by atomic mass is 10.3. The zero-order valence-electron chi connectivity index (χ0n) is 12.6. The molecule has 5 nitrogen and oxygen atoms in total. The molecule has 0 bridgehead atoms. The van der Waals surface area contributed by atoms with Crippen molar-refractivity contribution in [2.75, 3.05) is 36.4 Å². The highest BCUT2D eigenvalue weighted by Crippen LogP contribution is 2.32. The van der Waals surface area contributed by atoms with Gasteiger partial charge in [0.15, 0.2) is 0 Å². The van der Waals surface area contributed by atoms with E-state index in [1.807, 2.05) is 11.4 Å². The number of carbonyl (C=O) groups is 2. The van der Waals surface area contributed by atoms with Gasteiger partial charge in [-0.2, -0.15) is 0 Å². The molecule has 6 heteroatoms. The Balaban J connectivity index is 2.83. The van der Waals surface area contributed by atoms with Gasteiger partial charge in [-0.15, -0.1) is 11.3 Å². The van der Waals surface area contributed by atoms with Crippen molar-refractivity contribution >= 4 is 33.8 Å². The maximum atomic E-state index is 11.9. The van der Waals surface area contributed by atoms with E-state index in [-0.39, 0.29) is 11.8 Å². The zero-order valence-corrected chi connectivity index (χ0v) is 13.4. The minimum Gasteiger partial charge on any atom is -0.316 e. The van der Waals surface area contributed by atoms with Crippen LogP contribution in [0.4, 0.5) is 10.7 Å². The Morgan fingerprint density at radius 3 is 2.35 bits per heavy atom. The summed E-state index contributed by atoms with van der Waals surface area (Å²) in [6, 6.07) is 1.87. The summed E-state index contributed by atoms with van der Waals surface area (Å²) < 4.78 is 0. The average molecular weight is 297 g/mol. The highest BCUT2D eigenvalue weighted by atomic mass is 32.1. The Hall–Kier alpha value is -1.40. The van der Waals surface area contributed by atoms with Crippen LogP contribution in [-0.4, -0.2) is 42.9 Å². The van der Waals surface area contributed by atoms with Crippen LogP contribution in [0.5, 0.6) is 0 Å². The fraction of sp³-hybridized carbons (Fsp3) is 0.571. The van der Waals surface area contributed by atoms with E-state index in [2.05, 4.69) is 24.1 Å². The smallest absolute Gasteiger partial charge is 0.223 e. The van der Waals surface area contributed by atoms with Gasteiger partial charge in [0.2, 0.25) is 11.8 Å². The van der Waals surface area contributed by atoms with Crippen LogP contribution in [0.2, 0.25) is 0 Å². The van der Waals surface area contributed by atoms with Crippen molar-refractivity contribution in [3.63, 3.8) is 0 Å². The van der Waals surface area contributed by atoms with Crippen LogP contribution in [0, 0.1) is 0 Å². The SMILES string of the molecule is CCN(CC)CCN(C(C)=O)c1ccsc1NC(C)=O. The van der Waals surface area contributed by atoms with Crippen molar-refractivity contribution in [1.82, 2.24) is 4.90 Å². The van der Waals surface area contributed by atoms with Gasteiger partial charge in [-0.25, -0.2) is 0 Å². The van der Waals surface area contributed by atoms with Gasteiger partial charge in [0.05, 0.1) is 5.69 Å². The molecule has 0 aliphatic heterocycles. The molecule has 20 heavy (non-hydrogen) atoms. The second-order valence-corrected chi connectivity index (χ2v) is 5.43. The summed E-state index contributed by atoms with van der Waals surface area (Å²) in [5.41, 5.74) is 0.782. The number of anilines is 2. The molecule has 1 heterocycles. The molecule has 0 saturated heterocycles. The normalized spacial score (nSPS) is 10.7. The average Bonchev–Trinajstić information content (AvgIpc) is 2.81. The number of carbonyl (C=O) groups excluding carboxylic acids is 2. The van der Waals surface area contributed by atoms with Crippen molar-refractivity contribution < 1.29 is 9.59 Å². The second-order valence-electron chi connectivity index (χ2n) is 4.51. The summed E-state index contributed by atoms with van der Waals surface area (Å²) >= 11 is 1.43. The molecule has 0 aliphatic rings. The van der Waals surface area contributed by atoms with Crippen molar-refractivity contribution in [3.8, 4) is 0 Å².